The molecule has 1 aliphatic heterocycles. The van der Waals surface area contributed by atoms with Gasteiger partial charge in [-0.1, -0.05) is 11.6 Å². The Morgan fingerprint density at radius 1 is 1.30 bits per heavy atom. The maximum absolute atomic E-state index is 12.4. The highest BCUT2D eigenvalue weighted by Crippen LogP contribution is 2.29. The van der Waals surface area contributed by atoms with Crippen LogP contribution in [0.3, 0.4) is 0 Å². The molecule has 0 atom stereocenters. The van der Waals surface area contributed by atoms with Crippen LogP contribution in [0, 0.1) is 11.3 Å². The molecule has 1 fully saturated rings. The number of halogens is 1. The molecule has 0 N–H and O–H groups in total. The molecule has 110 valence electrons. The molecular weight excluding hydrogens is 318 g/mol. The van der Waals surface area contributed by atoms with E-state index in [4.69, 9.17) is 16.9 Å². The van der Waals surface area contributed by atoms with Crippen LogP contribution in [0.25, 0.3) is 0 Å². The van der Waals surface area contributed by atoms with Crippen LogP contribution >= 0.6 is 22.9 Å². The molecule has 1 aliphatic rings. The Kier molecular flexibility index (Phi) is 4.42. The molecule has 8 heteroatoms. The first-order valence-corrected chi connectivity index (χ1v) is 8.82. The molecule has 0 amide bonds. The minimum absolute atomic E-state index is 0.274. The van der Waals surface area contributed by atoms with Crippen molar-refractivity contribution < 1.29 is 8.42 Å². The van der Waals surface area contributed by atoms with Gasteiger partial charge in [0.1, 0.15) is 9.75 Å². The molecule has 1 saturated heterocycles. The smallest absolute Gasteiger partial charge is 0.252 e. The van der Waals surface area contributed by atoms with Gasteiger partial charge in [-0.05, 0) is 26.0 Å². The summed E-state index contributed by atoms with van der Waals surface area (Å²) in [4.78, 5) is 2.00. The molecule has 2 heterocycles. The lowest BCUT2D eigenvalue weighted by atomic mass is 10.0. The van der Waals surface area contributed by atoms with E-state index >= 15 is 0 Å². The number of sulfonamides is 1. The van der Waals surface area contributed by atoms with Gasteiger partial charge in [-0.3, -0.25) is 4.90 Å². The maximum Gasteiger partial charge on any atom is 0.252 e. The van der Waals surface area contributed by atoms with Gasteiger partial charge in [0.25, 0.3) is 10.0 Å². The van der Waals surface area contributed by atoms with Crippen LogP contribution in [-0.2, 0) is 10.0 Å². The van der Waals surface area contributed by atoms with Gasteiger partial charge in [0.15, 0.2) is 0 Å². The van der Waals surface area contributed by atoms with Gasteiger partial charge in [-0.25, -0.2) is 8.42 Å². The fourth-order valence-corrected chi connectivity index (χ4v) is 5.18. The van der Waals surface area contributed by atoms with E-state index < -0.39 is 15.6 Å². The number of piperazine rings is 1. The van der Waals surface area contributed by atoms with Crippen LogP contribution in [0.5, 0.6) is 0 Å². The Labute approximate surface area is 128 Å². The van der Waals surface area contributed by atoms with E-state index in [1.165, 1.54) is 10.4 Å². The fourth-order valence-electron chi connectivity index (χ4n) is 2.12. The maximum atomic E-state index is 12.4. The van der Waals surface area contributed by atoms with Gasteiger partial charge >= 0.3 is 0 Å². The van der Waals surface area contributed by atoms with E-state index in [1.54, 1.807) is 6.07 Å². The van der Waals surface area contributed by atoms with Gasteiger partial charge in [-0.15, -0.1) is 11.3 Å². The average molecular weight is 334 g/mol. The van der Waals surface area contributed by atoms with Gasteiger partial charge < -0.3 is 0 Å². The minimum atomic E-state index is -3.46. The van der Waals surface area contributed by atoms with E-state index in [0.717, 1.165) is 11.3 Å². The second-order valence-corrected chi connectivity index (χ2v) is 9.00. The summed E-state index contributed by atoms with van der Waals surface area (Å²) in [6.45, 7) is 5.58. The number of nitriles is 1. The Morgan fingerprint density at radius 3 is 2.35 bits per heavy atom. The van der Waals surface area contributed by atoms with Crippen LogP contribution < -0.4 is 0 Å². The molecule has 1 aromatic heterocycles. The number of nitrogens with zero attached hydrogens (tertiary/aromatic N) is 3. The number of hydrogen-bond acceptors (Lipinski definition) is 5. The standard InChI is InChI=1S/C12H16ClN3O2S2/c1-12(2,9-14)15-5-7-16(8-6-15)20(17,18)11-4-3-10(13)19-11/h3-4H,5-8H2,1-2H3. The second-order valence-electron chi connectivity index (χ2n) is 5.12. The molecule has 0 radical (unpaired) electrons. The lowest BCUT2D eigenvalue weighted by Gasteiger charge is -2.39. The van der Waals surface area contributed by atoms with Crippen LogP contribution in [-0.4, -0.2) is 49.3 Å². The highest BCUT2D eigenvalue weighted by molar-refractivity contribution is 7.91. The van der Waals surface area contributed by atoms with E-state index in [2.05, 4.69) is 6.07 Å². The van der Waals surface area contributed by atoms with Crippen molar-refractivity contribution in [2.75, 3.05) is 26.2 Å². The molecule has 0 aromatic carbocycles. The quantitative estimate of drug-likeness (QED) is 0.848. The highest BCUT2D eigenvalue weighted by Gasteiger charge is 2.34. The lowest BCUT2D eigenvalue weighted by Crippen LogP contribution is -2.55. The Bertz CT molecular complexity index is 625. The number of thiophene rings is 1. The summed E-state index contributed by atoms with van der Waals surface area (Å²) in [5.41, 5.74) is -0.567. The fraction of sp³-hybridized carbons (Fsp3) is 0.583. The van der Waals surface area contributed by atoms with Crippen molar-refractivity contribution in [2.45, 2.75) is 23.6 Å². The first-order chi connectivity index (χ1) is 9.27. The van der Waals surface area contributed by atoms with Crippen molar-refractivity contribution in [1.29, 1.82) is 5.26 Å². The first kappa shape index (κ1) is 15.7. The topological polar surface area (TPSA) is 64.4 Å². The molecule has 0 unspecified atom stereocenters. The van der Waals surface area contributed by atoms with Crippen molar-refractivity contribution in [3.05, 3.63) is 16.5 Å². The molecule has 5 nitrogen and oxygen atoms in total. The van der Waals surface area contributed by atoms with Crippen molar-refractivity contribution in [1.82, 2.24) is 9.21 Å². The predicted octanol–water partition coefficient (Wildman–Crippen LogP) is 2.01. The summed E-state index contributed by atoms with van der Waals surface area (Å²) in [7, 11) is -3.46. The summed E-state index contributed by atoms with van der Waals surface area (Å²) in [6, 6.07) is 5.37. The average Bonchev–Trinajstić information content (AvgIpc) is 2.86. The summed E-state index contributed by atoms with van der Waals surface area (Å²) < 4.78 is 27.0. The van der Waals surface area contributed by atoms with Crippen LogP contribution in [0.2, 0.25) is 4.34 Å². The van der Waals surface area contributed by atoms with E-state index in [-0.39, 0.29) is 4.21 Å². The number of rotatable bonds is 3. The third-order valence-corrected chi connectivity index (χ3v) is 7.04. The monoisotopic (exact) mass is 333 g/mol. The van der Waals surface area contributed by atoms with E-state index in [9.17, 15) is 8.42 Å². The van der Waals surface area contributed by atoms with Gasteiger partial charge in [-0.2, -0.15) is 9.57 Å². The van der Waals surface area contributed by atoms with Gasteiger partial charge in [0.05, 0.1) is 10.4 Å². The van der Waals surface area contributed by atoms with Crippen molar-refractivity contribution in [2.24, 2.45) is 0 Å². The Hall–Kier alpha value is -0.650. The molecule has 0 spiro atoms. The van der Waals surface area contributed by atoms with Gasteiger partial charge in [0, 0.05) is 26.2 Å². The van der Waals surface area contributed by atoms with Crippen molar-refractivity contribution >= 4 is 33.0 Å². The van der Waals surface area contributed by atoms with Crippen LogP contribution in [0.4, 0.5) is 0 Å². The largest absolute Gasteiger partial charge is 0.283 e. The number of hydrogen-bond donors (Lipinski definition) is 0. The second kappa shape index (κ2) is 5.62. The molecule has 0 saturated carbocycles. The van der Waals surface area contributed by atoms with Crippen LogP contribution in [0.1, 0.15) is 13.8 Å². The SMILES string of the molecule is CC(C)(C#N)N1CCN(S(=O)(=O)c2ccc(Cl)s2)CC1. The predicted molar refractivity (Wildman–Crippen MR) is 79.4 cm³/mol. The minimum Gasteiger partial charge on any atom is -0.283 e. The molecular formula is C12H16ClN3O2S2. The zero-order chi connectivity index (χ0) is 15.0. The van der Waals surface area contributed by atoms with Crippen molar-refractivity contribution in [3.63, 3.8) is 0 Å². The summed E-state index contributed by atoms with van der Waals surface area (Å²) in [5.74, 6) is 0. The molecule has 0 bridgehead atoms. The normalized spacial score (nSPS) is 18.9. The molecule has 2 rings (SSSR count). The molecule has 0 aliphatic carbocycles. The van der Waals surface area contributed by atoms with Gasteiger partial charge in [0.2, 0.25) is 0 Å². The lowest BCUT2D eigenvalue weighted by molar-refractivity contribution is 0.115. The van der Waals surface area contributed by atoms with E-state index in [0.29, 0.717) is 30.5 Å². The summed E-state index contributed by atoms with van der Waals surface area (Å²) >= 11 is 6.87. The zero-order valence-corrected chi connectivity index (χ0v) is 13.7. The van der Waals surface area contributed by atoms with Crippen molar-refractivity contribution in [3.8, 4) is 6.07 Å². The zero-order valence-electron chi connectivity index (χ0n) is 11.3. The molecule has 20 heavy (non-hydrogen) atoms. The highest BCUT2D eigenvalue weighted by atomic mass is 35.5. The van der Waals surface area contributed by atoms with Crippen LogP contribution in [0.15, 0.2) is 16.3 Å². The van der Waals surface area contributed by atoms with E-state index in [1.807, 2.05) is 18.7 Å². The summed E-state index contributed by atoms with van der Waals surface area (Å²) in [6.07, 6.45) is 0. The first-order valence-electron chi connectivity index (χ1n) is 6.19. The summed E-state index contributed by atoms with van der Waals surface area (Å²) in [5, 5.41) is 9.12. The Balaban J connectivity index is 2.10. The third kappa shape index (κ3) is 3.00. The molecule has 1 aromatic rings. The third-order valence-electron chi connectivity index (χ3n) is 3.45. The Morgan fingerprint density at radius 2 is 1.90 bits per heavy atom.